The number of carbonyl (C=O) groups is 1. The van der Waals surface area contributed by atoms with Crippen LogP contribution in [0.3, 0.4) is 0 Å². The first-order chi connectivity index (χ1) is 18.0. The zero-order valence-electron chi connectivity index (χ0n) is 21.3. The van der Waals surface area contributed by atoms with Gasteiger partial charge in [0.2, 0.25) is 0 Å². The number of anilines is 3. The van der Waals surface area contributed by atoms with Crippen LogP contribution >= 0.6 is 0 Å². The molecule has 2 aliphatic heterocycles. The lowest BCUT2D eigenvalue weighted by atomic mass is 9.81. The second-order valence-electron chi connectivity index (χ2n) is 10.1. The summed E-state index contributed by atoms with van der Waals surface area (Å²) in [5, 5.41) is 7.37. The molecule has 0 radical (unpaired) electrons. The number of carbonyl (C=O) groups excluding carboxylic acids is 1. The van der Waals surface area contributed by atoms with E-state index in [1.54, 1.807) is 12.4 Å². The number of fused-ring (bicyclic) bond motifs is 2. The first kappa shape index (κ1) is 23.4. The minimum absolute atomic E-state index is 0.107. The summed E-state index contributed by atoms with van der Waals surface area (Å²) in [7, 11) is 1.97. The number of rotatable bonds is 7. The highest BCUT2D eigenvalue weighted by atomic mass is 16.1. The summed E-state index contributed by atoms with van der Waals surface area (Å²) >= 11 is 0. The molecule has 9 heteroatoms. The molecule has 37 heavy (non-hydrogen) atoms. The van der Waals surface area contributed by atoms with Gasteiger partial charge in [0.25, 0.3) is 5.91 Å². The maximum Gasteiger partial charge on any atom is 0.254 e. The van der Waals surface area contributed by atoms with Crippen molar-refractivity contribution >= 4 is 34.3 Å². The van der Waals surface area contributed by atoms with Gasteiger partial charge in [-0.2, -0.15) is 0 Å². The van der Waals surface area contributed by atoms with Crippen LogP contribution in [0.4, 0.5) is 17.3 Å². The van der Waals surface area contributed by atoms with Gasteiger partial charge in [-0.1, -0.05) is 13.0 Å². The molecule has 2 aliphatic rings. The molecule has 1 amide bonds. The van der Waals surface area contributed by atoms with E-state index in [4.69, 9.17) is 15.7 Å². The van der Waals surface area contributed by atoms with Crippen molar-refractivity contribution in [3.63, 3.8) is 0 Å². The highest BCUT2D eigenvalue weighted by Crippen LogP contribution is 2.39. The first-order valence-electron chi connectivity index (χ1n) is 12.9. The van der Waals surface area contributed by atoms with Crippen LogP contribution in [0.15, 0.2) is 48.9 Å². The predicted molar refractivity (Wildman–Crippen MR) is 146 cm³/mol. The van der Waals surface area contributed by atoms with E-state index < -0.39 is 0 Å². The number of nitrogens with two attached hydrogens (primary N) is 1. The van der Waals surface area contributed by atoms with Crippen LogP contribution in [0.5, 0.6) is 0 Å². The zero-order chi connectivity index (χ0) is 25.6. The SMILES string of the molecule is CC[C@@]1(CCN)CCN(c2cccc(Nc3cnc(-c4ccnc5c4ccn5C)c4c3C(=O)NC4)n2)C1. The van der Waals surface area contributed by atoms with Crippen molar-refractivity contribution in [1.29, 1.82) is 0 Å². The van der Waals surface area contributed by atoms with Gasteiger partial charge in [-0.15, -0.1) is 0 Å². The van der Waals surface area contributed by atoms with Crippen LogP contribution < -0.4 is 21.3 Å². The monoisotopic (exact) mass is 496 g/mol. The van der Waals surface area contributed by atoms with E-state index in [1.165, 1.54) is 0 Å². The van der Waals surface area contributed by atoms with Crippen LogP contribution in [0, 0.1) is 5.41 Å². The van der Waals surface area contributed by atoms with Gasteiger partial charge in [0.1, 0.15) is 17.3 Å². The third-order valence-corrected chi connectivity index (χ3v) is 8.04. The summed E-state index contributed by atoms with van der Waals surface area (Å²) in [4.78, 5) is 29.5. The predicted octanol–water partition coefficient (Wildman–Crippen LogP) is 3.97. The number of hydrogen-bond acceptors (Lipinski definition) is 7. The van der Waals surface area contributed by atoms with Gasteiger partial charge in [0, 0.05) is 55.6 Å². The molecule has 0 spiro atoms. The van der Waals surface area contributed by atoms with Crippen molar-refractivity contribution in [1.82, 2.24) is 24.8 Å². The van der Waals surface area contributed by atoms with Gasteiger partial charge in [-0.3, -0.25) is 9.78 Å². The Morgan fingerprint density at radius 1 is 1.22 bits per heavy atom. The van der Waals surface area contributed by atoms with Crippen molar-refractivity contribution in [2.24, 2.45) is 18.2 Å². The third-order valence-electron chi connectivity index (χ3n) is 8.04. The molecule has 0 aromatic carbocycles. The number of amides is 1. The van der Waals surface area contributed by atoms with Gasteiger partial charge in [0.15, 0.2) is 0 Å². The second kappa shape index (κ2) is 9.15. The molecule has 1 fully saturated rings. The normalized spacial score (nSPS) is 18.9. The molecule has 4 aromatic heterocycles. The van der Waals surface area contributed by atoms with Crippen LogP contribution in [-0.4, -0.2) is 45.1 Å². The fourth-order valence-corrected chi connectivity index (χ4v) is 5.85. The standard InChI is InChI=1S/C28H32N8O/c1-3-28(9-11-29)10-14-36(17-28)23-6-4-5-22(34-23)33-21-16-31-25(20-15-32-27(37)24(20)21)18-7-12-30-26-19(18)8-13-35(26)2/h4-8,12-13,16H,3,9-11,14-15,17,29H2,1-2H3,(H,32,37)(H,33,34)/t28-/m1/s1. The molecule has 1 atom stereocenters. The molecule has 4 N–H and O–H groups in total. The Balaban J connectivity index is 1.32. The lowest BCUT2D eigenvalue weighted by molar-refractivity contribution is 0.0966. The molecular formula is C28H32N8O. The van der Waals surface area contributed by atoms with E-state index in [0.29, 0.717) is 30.2 Å². The molecule has 0 aliphatic carbocycles. The minimum atomic E-state index is -0.107. The highest BCUT2D eigenvalue weighted by molar-refractivity contribution is 6.06. The summed E-state index contributed by atoms with van der Waals surface area (Å²) in [6, 6.07) is 9.98. The zero-order valence-corrected chi connectivity index (χ0v) is 21.3. The Hall–Kier alpha value is -3.98. The van der Waals surface area contributed by atoms with Crippen LogP contribution in [0.2, 0.25) is 0 Å². The quantitative estimate of drug-likeness (QED) is 0.355. The van der Waals surface area contributed by atoms with E-state index >= 15 is 0 Å². The lowest BCUT2D eigenvalue weighted by Crippen LogP contribution is -2.29. The number of aromatic nitrogens is 4. The lowest BCUT2D eigenvalue weighted by Gasteiger charge is -2.28. The third kappa shape index (κ3) is 3.99. The van der Waals surface area contributed by atoms with Crippen molar-refractivity contribution in [2.75, 3.05) is 29.9 Å². The fraction of sp³-hybridized carbons (Fsp3) is 0.357. The molecule has 0 saturated carbocycles. The van der Waals surface area contributed by atoms with Crippen LogP contribution in [0.25, 0.3) is 22.3 Å². The first-order valence-corrected chi connectivity index (χ1v) is 12.9. The van der Waals surface area contributed by atoms with Gasteiger partial charge >= 0.3 is 0 Å². The second-order valence-corrected chi connectivity index (χ2v) is 10.1. The number of pyridine rings is 3. The molecule has 190 valence electrons. The average Bonchev–Trinajstić information content (AvgIpc) is 3.63. The molecule has 0 unspecified atom stereocenters. The number of nitrogens with one attached hydrogen (secondary N) is 2. The average molecular weight is 497 g/mol. The summed E-state index contributed by atoms with van der Waals surface area (Å²) in [6.45, 7) is 5.33. The molecular weight excluding hydrogens is 464 g/mol. The van der Waals surface area contributed by atoms with Crippen molar-refractivity contribution < 1.29 is 4.79 Å². The van der Waals surface area contributed by atoms with Gasteiger partial charge in [-0.05, 0) is 55.5 Å². The van der Waals surface area contributed by atoms with E-state index in [-0.39, 0.29) is 11.3 Å². The summed E-state index contributed by atoms with van der Waals surface area (Å²) in [6.07, 6.45) is 8.79. The minimum Gasteiger partial charge on any atom is -0.356 e. The van der Waals surface area contributed by atoms with E-state index in [0.717, 1.165) is 66.0 Å². The molecule has 1 saturated heterocycles. The molecule has 9 nitrogen and oxygen atoms in total. The van der Waals surface area contributed by atoms with Crippen LogP contribution in [-0.2, 0) is 13.6 Å². The maximum atomic E-state index is 12.9. The van der Waals surface area contributed by atoms with Gasteiger partial charge < -0.3 is 25.8 Å². The summed E-state index contributed by atoms with van der Waals surface area (Å²) in [5.74, 6) is 1.52. The Labute approximate surface area is 216 Å². The summed E-state index contributed by atoms with van der Waals surface area (Å²) < 4.78 is 1.98. The van der Waals surface area contributed by atoms with Crippen molar-refractivity contribution in [3.05, 3.63) is 60.0 Å². The van der Waals surface area contributed by atoms with Crippen molar-refractivity contribution in [2.45, 2.75) is 32.7 Å². The molecule has 6 heterocycles. The Morgan fingerprint density at radius 3 is 2.95 bits per heavy atom. The Morgan fingerprint density at radius 2 is 2.11 bits per heavy atom. The molecule has 6 rings (SSSR count). The smallest absolute Gasteiger partial charge is 0.254 e. The molecule has 0 bridgehead atoms. The van der Waals surface area contributed by atoms with E-state index in [9.17, 15) is 4.79 Å². The number of hydrogen-bond donors (Lipinski definition) is 3. The number of aryl methyl sites for hydroxylation is 1. The topological polar surface area (TPSA) is 114 Å². The van der Waals surface area contributed by atoms with E-state index in [1.807, 2.05) is 48.1 Å². The Kier molecular flexibility index (Phi) is 5.79. The van der Waals surface area contributed by atoms with E-state index in [2.05, 4.69) is 27.4 Å². The van der Waals surface area contributed by atoms with Gasteiger partial charge in [-0.25, -0.2) is 9.97 Å². The molecule has 4 aromatic rings. The van der Waals surface area contributed by atoms with Crippen LogP contribution in [0.1, 0.15) is 42.1 Å². The van der Waals surface area contributed by atoms with Gasteiger partial charge in [0.05, 0.1) is 23.1 Å². The largest absolute Gasteiger partial charge is 0.356 e. The highest BCUT2D eigenvalue weighted by Gasteiger charge is 2.36. The fourth-order valence-electron chi connectivity index (χ4n) is 5.85. The number of nitrogens with zero attached hydrogens (tertiary/aromatic N) is 5. The Bertz CT molecular complexity index is 1500. The summed E-state index contributed by atoms with van der Waals surface area (Å²) in [5.41, 5.74) is 11.0. The maximum absolute atomic E-state index is 12.9. The van der Waals surface area contributed by atoms with Crippen molar-refractivity contribution in [3.8, 4) is 11.3 Å².